The molecule has 1 aromatic rings. The van der Waals surface area contributed by atoms with Crippen molar-refractivity contribution in [3.05, 3.63) is 28.3 Å². The van der Waals surface area contributed by atoms with Crippen LogP contribution in [0, 0.1) is 20.8 Å². The molecule has 22 heavy (non-hydrogen) atoms. The van der Waals surface area contributed by atoms with E-state index >= 15 is 0 Å². The van der Waals surface area contributed by atoms with Gasteiger partial charge in [-0.05, 0) is 62.4 Å². The number of nitrogens with one attached hydrogen (secondary N) is 1. The molecule has 1 aliphatic heterocycles. The predicted molar refractivity (Wildman–Crippen MR) is 89.6 cm³/mol. The summed E-state index contributed by atoms with van der Waals surface area (Å²) in [6.07, 6.45) is 1.41. The van der Waals surface area contributed by atoms with Crippen LogP contribution < -0.4 is 10.1 Å². The SMILES string of the molecule is CCOc1cc(C)c(CCC(=O)N2CCNCC2)c(C)c1C. The minimum absolute atomic E-state index is 0.270. The van der Waals surface area contributed by atoms with Crippen molar-refractivity contribution in [1.29, 1.82) is 0 Å². The van der Waals surface area contributed by atoms with Gasteiger partial charge in [0, 0.05) is 32.6 Å². The Morgan fingerprint density at radius 1 is 1.23 bits per heavy atom. The number of ether oxygens (including phenoxy) is 1. The molecule has 0 aromatic heterocycles. The number of carbonyl (C=O) groups is 1. The number of hydrogen-bond acceptors (Lipinski definition) is 3. The molecule has 0 bridgehead atoms. The topological polar surface area (TPSA) is 41.6 Å². The minimum Gasteiger partial charge on any atom is -0.494 e. The summed E-state index contributed by atoms with van der Waals surface area (Å²) < 4.78 is 5.69. The predicted octanol–water partition coefficient (Wildman–Crippen LogP) is 2.37. The average molecular weight is 304 g/mol. The average Bonchev–Trinajstić information content (AvgIpc) is 2.53. The van der Waals surface area contributed by atoms with E-state index in [1.807, 2.05) is 11.8 Å². The Bertz CT molecular complexity index is 534. The zero-order valence-corrected chi connectivity index (χ0v) is 14.3. The summed E-state index contributed by atoms with van der Waals surface area (Å²) in [6.45, 7) is 12.5. The van der Waals surface area contributed by atoms with Gasteiger partial charge in [-0.1, -0.05) is 0 Å². The molecule has 0 atom stereocenters. The Hall–Kier alpha value is -1.55. The maximum Gasteiger partial charge on any atom is 0.222 e. The summed E-state index contributed by atoms with van der Waals surface area (Å²) in [4.78, 5) is 14.3. The molecule has 1 heterocycles. The van der Waals surface area contributed by atoms with Crippen LogP contribution in [0.3, 0.4) is 0 Å². The first-order valence-electron chi connectivity index (χ1n) is 8.25. The third-order valence-corrected chi connectivity index (χ3v) is 4.57. The standard InChI is InChI=1S/C18H28N2O2/c1-5-22-17-12-13(2)16(14(3)15(17)4)6-7-18(21)20-10-8-19-9-11-20/h12,19H,5-11H2,1-4H3. The maximum atomic E-state index is 12.3. The van der Waals surface area contributed by atoms with E-state index in [4.69, 9.17) is 4.74 Å². The lowest BCUT2D eigenvalue weighted by atomic mass is 9.94. The summed E-state index contributed by atoms with van der Waals surface area (Å²) in [7, 11) is 0. The van der Waals surface area contributed by atoms with Gasteiger partial charge in [-0.15, -0.1) is 0 Å². The zero-order chi connectivity index (χ0) is 16.1. The van der Waals surface area contributed by atoms with E-state index in [-0.39, 0.29) is 5.91 Å². The van der Waals surface area contributed by atoms with Gasteiger partial charge < -0.3 is 15.0 Å². The first kappa shape index (κ1) is 16.8. The van der Waals surface area contributed by atoms with Crippen molar-refractivity contribution < 1.29 is 9.53 Å². The van der Waals surface area contributed by atoms with Crippen molar-refractivity contribution in [3.8, 4) is 5.75 Å². The van der Waals surface area contributed by atoms with Crippen LogP contribution in [0.1, 0.15) is 35.6 Å². The second-order valence-electron chi connectivity index (χ2n) is 5.98. The van der Waals surface area contributed by atoms with E-state index in [0.717, 1.165) is 38.3 Å². The lowest BCUT2D eigenvalue weighted by Crippen LogP contribution is -2.46. The van der Waals surface area contributed by atoms with E-state index in [1.165, 1.54) is 22.3 Å². The van der Waals surface area contributed by atoms with E-state index in [2.05, 4.69) is 32.2 Å². The van der Waals surface area contributed by atoms with Crippen LogP contribution >= 0.6 is 0 Å². The van der Waals surface area contributed by atoms with E-state index in [1.54, 1.807) is 0 Å². The molecule has 4 heteroatoms. The zero-order valence-electron chi connectivity index (χ0n) is 14.3. The van der Waals surface area contributed by atoms with Gasteiger partial charge in [-0.25, -0.2) is 0 Å². The number of benzene rings is 1. The molecular formula is C18H28N2O2. The molecule has 0 spiro atoms. The highest BCUT2D eigenvalue weighted by atomic mass is 16.5. The van der Waals surface area contributed by atoms with Gasteiger partial charge in [0.25, 0.3) is 0 Å². The number of amides is 1. The van der Waals surface area contributed by atoms with Crippen LogP contribution in [0.25, 0.3) is 0 Å². The van der Waals surface area contributed by atoms with Crippen LogP contribution in [0.2, 0.25) is 0 Å². The third-order valence-electron chi connectivity index (χ3n) is 4.57. The first-order chi connectivity index (χ1) is 10.5. The largest absolute Gasteiger partial charge is 0.494 e. The molecule has 1 saturated heterocycles. The van der Waals surface area contributed by atoms with Crippen molar-refractivity contribution in [1.82, 2.24) is 10.2 Å². The van der Waals surface area contributed by atoms with E-state index < -0.39 is 0 Å². The third kappa shape index (κ3) is 3.80. The molecule has 0 aliphatic carbocycles. The van der Waals surface area contributed by atoms with Crippen molar-refractivity contribution >= 4 is 5.91 Å². The van der Waals surface area contributed by atoms with Crippen molar-refractivity contribution in [3.63, 3.8) is 0 Å². The summed E-state index contributed by atoms with van der Waals surface area (Å²) >= 11 is 0. The van der Waals surface area contributed by atoms with Gasteiger partial charge in [-0.2, -0.15) is 0 Å². The minimum atomic E-state index is 0.270. The molecule has 1 aliphatic rings. The van der Waals surface area contributed by atoms with Gasteiger partial charge in [0.1, 0.15) is 5.75 Å². The van der Waals surface area contributed by atoms with Crippen LogP contribution in [-0.2, 0) is 11.2 Å². The molecule has 1 fully saturated rings. The molecule has 1 amide bonds. The summed E-state index contributed by atoms with van der Waals surface area (Å²) in [6, 6.07) is 2.11. The van der Waals surface area contributed by atoms with Crippen molar-refractivity contribution in [2.75, 3.05) is 32.8 Å². The fraction of sp³-hybridized carbons (Fsp3) is 0.611. The first-order valence-corrected chi connectivity index (χ1v) is 8.25. The molecule has 0 saturated carbocycles. The van der Waals surface area contributed by atoms with Crippen LogP contribution in [0.4, 0.5) is 0 Å². The lowest BCUT2D eigenvalue weighted by molar-refractivity contribution is -0.131. The highest BCUT2D eigenvalue weighted by Crippen LogP contribution is 2.28. The fourth-order valence-corrected chi connectivity index (χ4v) is 3.09. The normalized spacial score (nSPS) is 15.0. The molecule has 0 unspecified atom stereocenters. The number of hydrogen-bond donors (Lipinski definition) is 1. The van der Waals surface area contributed by atoms with Gasteiger partial charge in [0.05, 0.1) is 6.61 Å². The monoisotopic (exact) mass is 304 g/mol. The Kier molecular flexibility index (Phi) is 5.83. The van der Waals surface area contributed by atoms with Crippen LogP contribution in [0.5, 0.6) is 5.75 Å². The number of nitrogens with zero attached hydrogens (tertiary/aromatic N) is 1. The van der Waals surface area contributed by atoms with Crippen molar-refractivity contribution in [2.24, 2.45) is 0 Å². The quantitative estimate of drug-likeness (QED) is 0.908. The Labute approximate surface area is 133 Å². The molecule has 1 aromatic carbocycles. The molecule has 1 N–H and O–H groups in total. The molecular weight excluding hydrogens is 276 g/mol. The Morgan fingerprint density at radius 3 is 2.55 bits per heavy atom. The summed E-state index contributed by atoms with van der Waals surface area (Å²) in [5, 5.41) is 3.28. The molecule has 122 valence electrons. The number of piperazine rings is 1. The maximum absolute atomic E-state index is 12.3. The Morgan fingerprint density at radius 2 is 1.91 bits per heavy atom. The summed E-state index contributed by atoms with van der Waals surface area (Å²) in [5.41, 5.74) is 4.97. The second kappa shape index (κ2) is 7.63. The van der Waals surface area contributed by atoms with Gasteiger partial charge in [0.15, 0.2) is 0 Å². The van der Waals surface area contributed by atoms with E-state index in [0.29, 0.717) is 13.0 Å². The summed E-state index contributed by atoms with van der Waals surface area (Å²) in [5.74, 6) is 1.24. The second-order valence-corrected chi connectivity index (χ2v) is 5.98. The molecule has 4 nitrogen and oxygen atoms in total. The smallest absolute Gasteiger partial charge is 0.222 e. The van der Waals surface area contributed by atoms with Gasteiger partial charge >= 0.3 is 0 Å². The van der Waals surface area contributed by atoms with Crippen LogP contribution in [-0.4, -0.2) is 43.6 Å². The lowest BCUT2D eigenvalue weighted by Gasteiger charge is -2.27. The van der Waals surface area contributed by atoms with E-state index in [9.17, 15) is 4.79 Å². The molecule has 0 radical (unpaired) electrons. The van der Waals surface area contributed by atoms with Gasteiger partial charge in [0.2, 0.25) is 5.91 Å². The highest BCUT2D eigenvalue weighted by Gasteiger charge is 2.17. The number of rotatable bonds is 5. The number of aryl methyl sites for hydroxylation is 1. The molecule has 2 rings (SSSR count). The fourth-order valence-electron chi connectivity index (χ4n) is 3.09. The van der Waals surface area contributed by atoms with Crippen LogP contribution in [0.15, 0.2) is 6.07 Å². The Balaban J connectivity index is 2.06. The van der Waals surface area contributed by atoms with Gasteiger partial charge in [-0.3, -0.25) is 4.79 Å². The van der Waals surface area contributed by atoms with Crippen molar-refractivity contribution in [2.45, 2.75) is 40.5 Å². The number of carbonyl (C=O) groups excluding carboxylic acids is 1. The highest BCUT2D eigenvalue weighted by molar-refractivity contribution is 5.76.